The number of ether oxygens (including phenoxy) is 1. The fourth-order valence-corrected chi connectivity index (χ4v) is 2.34. The topological polar surface area (TPSA) is 81.9 Å². The number of carbonyl (C=O) groups is 1. The number of aromatic nitrogens is 4. The second kappa shape index (κ2) is 6.31. The van der Waals surface area contributed by atoms with Gasteiger partial charge in [-0.25, -0.2) is 0 Å². The summed E-state index contributed by atoms with van der Waals surface area (Å²) in [6.07, 6.45) is 2.10. The fourth-order valence-electron chi connectivity index (χ4n) is 2.08. The molecule has 1 atom stereocenters. The van der Waals surface area contributed by atoms with E-state index in [1.165, 1.54) is 4.80 Å². The molecule has 21 heavy (non-hydrogen) atoms. The molecule has 2 aromatic rings. The van der Waals surface area contributed by atoms with Crippen LogP contribution >= 0.6 is 15.9 Å². The molecule has 110 valence electrons. The van der Waals surface area contributed by atoms with Crippen molar-refractivity contribution in [1.29, 1.82) is 0 Å². The van der Waals surface area contributed by atoms with Gasteiger partial charge in [-0.05, 0) is 42.3 Å². The number of hydrogen-bond acceptors (Lipinski definition) is 5. The molecule has 1 aromatic heterocycles. The summed E-state index contributed by atoms with van der Waals surface area (Å²) in [5, 5.41) is 14.5. The Morgan fingerprint density at radius 1 is 1.43 bits per heavy atom. The second-order valence-corrected chi connectivity index (χ2v) is 5.64. The van der Waals surface area contributed by atoms with Crippen molar-refractivity contribution in [3.63, 3.8) is 0 Å². The second-order valence-electron chi connectivity index (χ2n) is 4.72. The van der Waals surface area contributed by atoms with Crippen LogP contribution in [0.25, 0.3) is 5.69 Å². The summed E-state index contributed by atoms with van der Waals surface area (Å²) in [6.45, 7) is 1.24. The van der Waals surface area contributed by atoms with Crippen LogP contribution in [0, 0.1) is 0 Å². The van der Waals surface area contributed by atoms with Gasteiger partial charge in [-0.3, -0.25) is 4.79 Å². The Bertz CT molecular complexity index is 622. The zero-order valence-corrected chi connectivity index (χ0v) is 12.8. The lowest BCUT2D eigenvalue weighted by atomic mass is 10.2. The Morgan fingerprint density at radius 2 is 2.24 bits per heavy atom. The standard InChI is InChI=1S/C13H14BrN5O2/c14-9-3-5-10(6-4-9)19-17-12(16-18-19)13(20)15-8-11-2-1-7-21-11/h3-6,11H,1-2,7-8H2,(H,15,20)/t11-/m1/s1. The predicted molar refractivity (Wildman–Crippen MR) is 78.2 cm³/mol. The lowest BCUT2D eigenvalue weighted by Crippen LogP contribution is -2.32. The van der Waals surface area contributed by atoms with E-state index in [4.69, 9.17) is 4.74 Å². The Balaban J connectivity index is 1.63. The summed E-state index contributed by atoms with van der Waals surface area (Å²) in [6, 6.07) is 7.41. The molecule has 3 rings (SSSR count). The van der Waals surface area contributed by atoms with Crippen LogP contribution in [0.15, 0.2) is 28.7 Å². The molecule has 7 nitrogen and oxygen atoms in total. The van der Waals surface area contributed by atoms with Gasteiger partial charge in [0.25, 0.3) is 11.7 Å². The molecular formula is C13H14BrN5O2. The zero-order valence-electron chi connectivity index (χ0n) is 11.2. The van der Waals surface area contributed by atoms with Crippen LogP contribution in [0.1, 0.15) is 23.5 Å². The van der Waals surface area contributed by atoms with E-state index in [1.807, 2.05) is 24.3 Å². The molecule has 1 aliphatic rings. The van der Waals surface area contributed by atoms with E-state index in [0.717, 1.165) is 29.6 Å². The molecule has 0 radical (unpaired) electrons. The van der Waals surface area contributed by atoms with Gasteiger partial charge in [0.1, 0.15) is 0 Å². The number of benzene rings is 1. The highest BCUT2D eigenvalue weighted by molar-refractivity contribution is 9.10. The van der Waals surface area contributed by atoms with E-state index >= 15 is 0 Å². The number of amides is 1. The maximum Gasteiger partial charge on any atom is 0.293 e. The highest BCUT2D eigenvalue weighted by atomic mass is 79.9. The van der Waals surface area contributed by atoms with Gasteiger partial charge in [0, 0.05) is 17.6 Å². The Kier molecular flexibility index (Phi) is 4.26. The molecule has 0 spiro atoms. The zero-order chi connectivity index (χ0) is 14.7. The number of hydrogen-bond donors (Lipinski definition) is 1. The van der Waals surface area contributed by atoms with Crippen molar-refractivity contribution >= 4 is 21.8 Å². The van der Waals surface area contributed by atoms with Crippen LogP contribution in [-0.4, -0.2) is 45.4 Å². The van der Waals surface area contributed by atoms with Crippen LogP contribution in [0.2, 0.25) is 0 Å². The molecule has 1 aliphatic heterocycles. The van der Waals surface area contributed by atoms with Gasteiger partial charge in [0.2, 0.25) is 0 Å². The predicted octanol–water partition coefficient (Wildman–Crippen LogP) is 1.33. The third-order valence-electron chi connectivity index (χ3n) is 3.19. The van der Waals surface area contributed by atoms with Gasteiger partial charge in [0.15, 0.2) is 0 Å². The molecule has 1 fully saturated rings. The first-order valence-electron chi connectivity index (χ1n) is 6.68. The third kappa shape index (κ3) is 3.45. The number of tetrazole rings is 1. The smallest absolute Gasteiger partial charge is 0.293 e. The molecular weight excluding hydrogens is 338 g/mol. The minimum absolute atomic E-state index is 0.0518. The lowest BCUT2D eigenvalue weighted by Gasteiger charge is -2.08. The first-order valence-corrected chi connectivity index (χ1v) is 7.47. The van der Waals surface area contributed by atoms with E-state index in [1.54, 1.807) is 0 Å². The summed E-state index contributed by atoms with van der Waals surface area (Å²) >= 11 is 3.36. The fraction of sp³-hybridized carbons (Fsp3) is 0.385. The highest BCUT2D eigenvalue weighted by Crippen LogP contribution is 2.12. The van der Waals surface area contributed by atoms with Crippen molar-refractivity contribution in [1.82, 2.24) is 25.5 Å². The summed E-state index contributed by atoms with van der Waals surface area (Å²) in [4.78, 5) is 13.3. The number of halogens is 1. The van der Waals surface area contributed by atoms with E-state index in [0.29, 0.717) is 6.54 Å². The van der Waals surface area contributed by atoms with Crippen LogP contribution in [0.3, 0.4) is 0 Å². The molecule has 1 saturated heterocycles. The van der Waals surface area contributed by atoms with E-state index in [2.05, 4.69) is 36.7 Å². The molecule has 0 unspecified atom stereocenters. The van der Waals surface area contributed by atoms with Crippen LogP contribution < -0.4 is 5.32 Å². The Hall–Kier alpha value is -1.80. The summed E-state index contributed by atoms with van der Waals surface area (Å²) in [7, 11) is 0. The molecule has 1 aromatic carbocycles. The van der Waals surface area contributed by atoms with Gasteiger partial charge >= 0.3 is 0 Å². The Morgan fingerprint density at radius 3 is 2.95 bits per heavy atom. The van der Waals surface area contributed by atoms with E-state index in [-0.39, 0.29) is 17.8 Å². The lowest BCUT2D eigenvalue weighted by molar-refractivity contribution is 0.0849. The first-order chi connectivity index (χ1) is 10.2. The van der Waals surface area contributed by atoms with Crippen molar-refractivity contribution in [2.45, 2.75) is 18.9 Å². The number of nitrogens with one attached hydrogen (secondary N) is 1. The monoisotopic (exact) mass is 351 g/mol. The summed E-state index contributed by atoms with van der Waals surface area (Å²) in [5.41, 5.74) is 0.740. The highest BCUT2D eigenvalue weighted by Gasteiger charge is 2.19. The SMILES string of the molecule is O=C(NC[C@H]1CCCO1)c1nnn(-c2ccc(Br)cc2)n1. The van der Waals surface area contributed by atoms with Crippen molar-refractivity contribution in [3.05, 3.63) is 34.6 Å². The van der Waals surface area contributed by atoms with Gasteiger partial charge < -0.3 is 10.1 Å². The number of rotatable bonds is 4. The third-order valence-corrected chi connectivity index (χ3v) is 3.72. The molecule has 8 heteroatoms. The maximum absolute atomic E-state index is 11.9. The summed E-state index contributed by atoms with van der Waals surface area (Å²) < 4.78 is 6.40. The Labute approximate surface area is 129 Å². The largest absolute Gasteiger partial charge is 0.376 e. The average Bonchev–Trinajstić information content (AvgIpc) is 3.17. The van der Waals surface area contributed by atoms with Crippen LogP contribution in [-0.2, 0) is 4.74 Å². The van der Waals surface area contributed by atoms with Crippen molar-refractivity contribution in [2.24, 2.45) is 0 Å². The van der Waals surface area contributed by atoms with Crippen molar-refractivity contribution in [2.75, 3.05) is 13.2 Å². The first kappa shape index (κ1) is 14.2. The van der Waals surface area contributed by atoms with Gasteiger partial charge in [-0.1, -0.05) is 15.9 Å². The van der Waals surface area contributed by atoms with Crippen LogP contribution in [0.5, 0.6) is 0 Å². The van der Waals surface area contributed by atoms with Crippen LogP contribution in [0.4, 0.5) is 0 Å². The molecule has 2 heterocycles. The van der Waals surface area contributed by atoms with Gasteiger partial charge in [-0.15, -0.1) is 15.0 Å². The van der Waals surface area contributed by atoms with Gasteiger partial charge in [0.05, 0.1) is 11.8 Å². The number of nitrogens with zero attached hydrogens (tertiary/aromatic N) is 4. The van der Waals surface area contributed by atoms with Crippen molar-refractivity contribution in [3.8, 4) is 5.69 Å². The quantitative estimate of drug-likeness (QED) is 0.898. The minimum atomic E-state index is -0.339. The molecule has 0 bridgehead atoms. The molecule has 0 aliphatic carbocycles. The minimum Gasteiger partial charge on any atom is -0.376 e. The molecule has 1 N–H and O–H groups in total. The number of carbonyl (C=O) groups excluding carboxylic acids is 1. The maximum atomic E-state index is 11.9. The van der Waals surface area contributed by atoms with E-state index < -0.39 is 0 Å². The normalized spacial score (nSPS) is 17.9. The van der Waals surface area contributed by atoms with Crippen molar-refractivity contribution < 1.29 is 9.53 Å². The van der Waals surface area contributed by atoms with E-state index in [9.17, 15) is 4.79 Å². The van der Waals surface area contributed by atoms with Gasteiger partial charge in [-0.2, -0.15) is 0 Å². The summed E-state index contributed by atoms with van der Waals surface area (Å²) in [5.74, 6) is -0.287. The molecule has 0 saturated carbocycles. The average molecular weight is 352 g/mol. The molecule has 1 amide bonds.